The third-order valence-corrected chi connectivity index (χ3v) is 2.54. The van der Waals surface area contributed by atoms with E-state index in [2.05, 4.69) is 15.2 Å². The third-order valence-electron chi connectivity index (χ3n) is 2.54. The number of amides is 1. The number of carbonyl (C=O) groups is 1. The molecule has 2 rings (SSSR count). The van der Waals surface area contributed by atoms with Gasteiger partial charge in [0.05, 0.1) is 0 Å². The van der Waals surface area contributed by atoms with Gasteiger partial charge in [0.2, 0.25) is 5.89 Å². The van der Waals surface area contributed by atoms with E-state index in [0.717, 1.165) is 12.0 Å². The number of pyridine rings is 1. The highest BCUT2D eigenvalue weighted by atomic mass is 16.4. The molecule has 94 valence electrons. The van der Waals surface area contributed by atoms with Gasteiger partial charge in [-0.3, -0.25) is 9.78 Å². The Bertz CT molecular complexity index is 524. The van der Waals surface area contributed by atoms with Crippen molar-refractivity contribution in [1.29, 1.82) is 0 Å². The molecule has 6 heteroatoms. The first-order valence-electron chi connectivity index (χ1n) is 5.61. The molecule has 0 bridgehead atoms. The van der Waals surface area contributed by atoms with Crippen LogP contribution < -0.4 is 0 Å². The molecule has 0 unspecified atom stereocenters. The van der Waals surface area contributed by atoms with Crippen LogP contribution in [0.25, 0.3) is 0 Å². The number of hydrogen-bond donors (Lipinski definition) is 0. The molecule has 0 saturated heterocycles. The van der Waals surface area contributed by atoms with Gasteiger partial charge >= 0.3 is 11.8 Å². The Balaban J connectivity index is 1.92. The van der Waals surface area contributed by atoms with Crippen LogP contribution in [0.15, 0.2) is 28.9 Å². The molecule has 0 spiro atoms. The van der Waals surface area contributed by atoms with Crippen LogP contribution in [0, 0.1) is 6.92 Å². The highest BCUT2D eigenvalue weighted by Gasteiger charge is 2.17. The second-order valence-corrected chi connectivity index (χ2v) is 3.96. The van der Waals surface area contributed by atoms with E-state index in [0.29, 0.717) is 12.4 Å². The van der Waals surface area contributed by atoms with E-state index in [4.69, 9.17) is 4.42 Å². The Hall–Kier alpha value is -2.24. The van der Waals surface area contributed by atoms with E-state index in [1.165, 1.54) is 0 Å². The van der Waals surface area contributed by atoms with Crippen molar-refractivity contribution >= 4 is 5.91 Å². The summed E-state index contributed by atoms with van der Waals surface area (Å²) in [5.41, 5.74) is 1.13. The lowest BCUT2D eigenvalue weighted by Gasteiger charge is -2.14. The summed E-state index contributed by atoms with van der Waals surface area (Å²) in [6, 6.07) is 3.85. The molecule has 0 N–H and O–H groups in total. The van der Waals surface area contributed by atoms with Crippen molar-refractivity contribution < 1.29 is 9.21 Å². The first kappa shape index (κ1) is 12.2. The summed E-state index contributed by atoms with van der Waals surface area (Å²) in [5, 5.41) is 7.34. The van der Waals surface area contributed by atoms with Crippen molar-refractivity contribution in [3.05, 3.63) is 41.9 Å². The Morgan fingerprint density at radius 2 is 2.06 bits per heavy atom. The number of carbonyl (C=O) groups excluding carboxylic acids is 1. The lowest BCUT2D eigenvalue weighted by molar-refractivity contribution is 0.0755. The summed E-state index contributed by atoms with van der Waals surface area (Å²) >= 11 is 0. The predicted molar refractivity (Wildman–Crippen MR) is 63.9 cm³/mol. The molecule has 0 aliphatic heterocycles. The number of likely N-dealkylation sites (N-methyl/N-ethyl adjacent to an activating group) is 1. The van der Waals surface area contributed by atoms with Gasteiger partial charge in [0.25, 0.3) is 0 Å². The summed E-state index contributed by atoms with van der Waals surface area (Å²) in [4.78, 5) is 17.4. The second-order valence-electron chi connectivity index (χ2n) is 3.96. The normalized spacial score (nSPS) is 10.3. The van der Waals surface area contributed by atoms with Crippen LogP contribution in [0.4, 0.5) is 0 Å². The largest absolute Gasteiger partial charge is 0.417 e. The quantitative estimate of drug-likeness (QED) is 0.807. The van der Waals surface area contributed by atoms with E-state index < -0.39 is 0 Å². The molecule has 1 amide bonds. The molecule has 0 aromatic carbocycles. The molecule has 0 radical (unpaired) electrons. The summed E-state index contributed by atoms with van der Waals surface area (Å²) in [6.07, 6.45) is 4.23. The first-order chi connectivity index (χ1) is 8.66. The van der Waals surface area contributed by atoms with Crippen molar-refractivity contribution in [2.24, 2.45) is 0 Å². The van der Waals surface area contributed by atoms with Crippen molar-refractivity contribution in [3.8, 4) is 0 Å². The van der Waals surface area contributed by atoms with E-state index in [9.17, 15) is 4.79 Å². The van der Waals surface area contributed by atoms with Gasteiger partial charge in [-0.05, 0) is 24.1 Å². The zero-order chi connectivity index (χ0) is 13.0. The summed E-state index contributed by atoms with van der Waals surface area (Å²) in [7, 11) is 1.71. The number of rotatable bonds is 4. The highest BCUT2D eigenvalue weighted by Crippen LogP contribution is 2.04. The van der Waals surface area contributed by atoms with Gasteiger partial charge in [0.15, 0.2) is 0 Å². The molecule has 0 aliphatic carbocycles. The maximum absolute atomic E-state index is 11.9. The van der Waals surface area contributed by atoms with Gasteiger partial charge in [0.1, 0.15) is 0 Å². The minimum Gasteiger partial charge on any atom is -0.417 e. The van der Waals surface area contributed by atoms with Crippen LogP contribution in [0.1, 0.15) is 22.1 Å². The van der Waals surface area contributed by atoms with Gasteiger partial charge < -0.3 is 9.32 Å². The number of nitrogens with zero attached hydrogens (tertiary/aromatic N) is 4. The third kappa shape index (κ3) is 2.91. The second kappa shape index (κ2) is 5.39. The molecular formula is C12H14N4O2. The molecule has 2 heterocycles. The fraction of sp³-hybridized carbons (Fsp3) is 0.333. The monoisotopic (exact) mass is 246 g/mol. The van der Waals surface area contributed by atoms with E-state index in [-0.39, 0.29) is 11.8 Å². The van der Waals surface area contributed by atoms with Crippen molar-refractivity contribution in [1.82, 2.24) is 20.1 Å². The van der Waals surface area contributed by atoms with Crippen LogP contribution >= 0.6 is 0 Å². The topological polar surface area (TPSA) is 72.1 Å². The highest BCUT2D eigenvalue weighted by molar-refractivity contribution is 5.89. The molecule has 0 saturated carbocycles. The zero-order valence-corrected chi connectivity index (χ0v) is 10.3. The SMILES string of the molecule is Cc1nnc(C(=O)N(C)CCc2ccncc2)o1. The Morgan fingerprint density at radius 3 is 2.67 bits per heavy atom. The maximum atomic E-state index is 11.9. The van der Waals surface area contributed by atoms with E-state index in [1.54, 1.807) is 31.3 Å². The minimum absolute atomic E-state index is 0.0322. The van der Waals surface area contributed by atoms with Crippen LogP contribution in [-0.2, 0) is 6.42 Å². The van der Waals surface area contributed by atoms with Crippen LogP contribution in [-0.4, -0.2) is 39.6 Å². The first-order valence-corrected chi connectivity index (χ1v) is 5.61. The summed E-state index contributed by atoms with van der Waals surface area (Å²) in [5.74, 6) is 0.162. The molecule has 0 aliphatic rings. The molecule has 2 aromatic rings. The van der Waals surface area contributed by atoms with Crippen LogP contribution in [0.5, 0.6) is 0 Å². The predicted octanol–water partition coefficient (Wildman–Crippen LogP) is 1.09. The van der Waals surface area contributed by atoms with Gasteiger partial charge in [-0.2, -0.15) is 0 Å². The van der Waals surface area contributed by atoms with Crippen molar-refractivity contribution in [3.63, 3.8) is 0 Å². The average Bonchev–Trinajstić information content (AvgIpc) is 2.83. The molecule has 0 fully saturated rings. The molecule has 18 heavy (non-hydrogen) atoms. The van der Waals surface area contributed by atoms with E-state index in [1.807, 2.05) is 12.1 Å². The fourth-order valence-corrected chi connectivity index (χ4v) is 1.49. The van der Waals surface area contributed by atoms with Crippen LogP contribution in [0.3, 0.4) is 0 Å². The number of hydrogen-bond acceptors (Lipinski definition) is 5. The standard InChI is InChI=1S/C12H14N4O2/c1-9-14-15-11(18-9)12(17)16(2)8-5-10-3-6-13-7-4-10/h3-4,6-7H,5,8H2,1-2H3. The Kier molecular flexibility index (Phi) is 3.66. The molecule has 2 aromatic heterocycles. The van der Waals surface area contributed by atoms with Gasteiger partial charge in [-0.1, -0.05) is 0 Å². The van der Waals surface area contributed by atoms with E-state index >= 15 is 0 Å². The zero-order valence-electron chi connectivity index (χ0n) is 10.3. The van der Waals surface area contributed by atoms with Crippen LogP contribution in [0.2, 0.25) is 0 Å². The number of aromatic nitrogens is 3. The summed E-state index contributed by atoms with van der Waals surface area (Å²) < 4.78 is 5.10. The number of aryl methyl sites for hydroxylation is 1. The average molecular weight is 246 g/mol. The molecule has 0 atom stereocenters. The van der Waals surface area contributed by atoms with Crippen molar-refractivity contribution in [2.45, 2.75) is 13.3 Å². The lowest BCUT2D eigenvalue weighted by Crippen LogP contribution is -2.29. The molecular weight excluding hydrogens is 232 g/mol. The molecule has 6 nitrogen and oxygen atoms in total. The van der Waals surface area contributed by atoms with Gasteiger partial charge in [0, 0.05) is 32.9 Å². The Morgan fingerprint density at radius 1 is 1.33 bits per heavy atom. The van der Waals surface area contributed by atoms with Crippen molar-refractivity contribution in [2.75, 3.05) is 13.6 Å². The van der Waals surface area contributed by atoms with Gasteiger partial charge in [-0.25, -0.2) is 0 Å². The smallest absolute Gasteiger partial charge is 0.311 e. The minimum atomic E-state index is -0.260. The fourth-order valence-electron chi connectivity index (χ4n) is 1.49. The maximum Gasteiger partial charge on any atom is 0.311 e. The Labute approximate surface area is 105 Å². The summed E-state index contributed by atoms with van der Waals surface area (Å²) in [6.45, 7) is 2.24. The van der Waals surface area contributed by atoms with Gasteiger partial charge in [-0.15, -0.1) is 10.2 Å². The lowest BCUT2D eigenvalue weighted by atomic mass is 10.2.